The number of nitrogens with one attached hydrogen (secondary N) is 1. The van der Waals surface area contributed by atoms with E-state index in [-0.39, 0.29) is 0 Å². The summed E-state index contributed by atoms with van der Waals surface area (Å²) in [5.74, 6) is 0. The van der Waals surface area contributed by atoms with Gasteiger partial charge in [-0.05, 0) is 37.6 Å². The van der Waals surface area contributed by atoms with E-state index in [2.05, 4.69) is 45.5 Å². The minimum absolute atomic E-state index is 0.738. The average Bonchev–Trinajstić information content (AvgIpc) is 2.46. The number of halogens is 1. The molecule has 2 rings (SSSR count). The minimum atomic E-state index is 0.738. The number of rotatable bonds is 2. The lowest BCUT2D eigenvalue weighted by atomic mass is 10.2. The summed E-state index contributed by atoms with van der Waals surface area (Å²) in [6.07, 6.45) is 4.03. The molecule has 1 aliphatic rings. The lowest BCUT2D eigenvalue weighted by Crippen LogP contribution is -2.22. The van der Waals surface area contributed by atoms with Crippen molar-refractivity contribution in [2.45, 2.75) is 29.4 Å². The summed E-state index contributed by atoms with van der Waals surface area (Å²) in [7, 11) is 0. The Morgan fingerprint density at radius 3 is 3.13 bits per heavy atom. The van der Waals surface area contributed by atoms with Crippen LogP contribution in [0.4, 0.5) is 0 Å². The first-order valence-corrected chi connectivity index (χ1v) is 7.15. The van der Waals surface area contributed by atoms with Gasteiger partial charge in [-0.25, -0.2) is 0 Å². The van der Waals surface area contributed by atoms with Gasteiger partial charge in [-0.1, -0.05) is 28.4 Å². The fraction of sp³-hybridized carbons (Fsp3) is 0.500. The summed E-state index contributed by atoms with van der Waals surface area (Å²) in [6, 6.07) is 8.59. The van der Waals surface area contributed by atoms with Crippen molar-refractivity contribution in [3.8, 4) is 0 Å². The maximum atomic E-state index is 3.51. The number of benzene rings is 1. The maximum absolute atomic E-state index is 3.51. The summed E-state index contributed by atoms with van der Waals surface area (Å²) < 4.78 is 1.18. The Kier molecular flexibility index (Phi) is 4.54. The van der Waals surface area contributed by atoms with E-state index in [4.69, 9.17) is 0 Å². The summed E-state index contributed by atoms with van der Waals surface area (Å²) in [5.41, 5.74) is 0. The normalized spacial score (nSPS) is 22.3. The Bertz CT molecular complexity index is 308. The molecule has 0 amide bonds. The third-order valence-corrected chi connectivity index (χ3v) is 4.36. The van der Waals surface area contributed by atoms with Crippen LogP contribution < -0.4 is 5.32 Å². The van der Waals surface area contributed by atoms with E-state index in [1.54, 1.807) is 0 Å². The van der Waals surface area contributed by atoms with Gasteiger partial charge in [-0.3, -0.25) is 0 Å². The molecule has 1 unspecified atom stereocenters. The van der Waals surface area contributed by atoms with Crippen molar-refractivity contribution in [3.63, 3.8) is 0 Å². The highest BCUT2D eigenvalue weighted by Gasteiger charge is 2.12. The van der Waals surface area contributed by atoms with E-state index < -0.39 is 0 Å². The molecule has 1 heterocycles. The molecule has 1 aromatic carbocycles. The second kappa shape index (κ2) is 5.92. The molecule has 1 atom stereocenters. The van der Waals surface area contributed by atoms with Crippen molar-refractivity contribution in [1.29, 1.82) is 0 Å². The average molecular weight is 286 g/mol. The Morgan fingerprint density at radius 1 is 1.33 bits per heavy atom. The van der Waals surface area contributed by atoms with Crippen LogP contribution in [0.5, 0.6) is 0 Å². The summed E-state index contributed by atoms with van der Waals surface area (Å²) in [5, 5.41) is 4.24. The lowest BCUT2D eigenvalue weighted by Gasteiger charge is -2.13. The number of hydrogen-bond donors (Lipinski definition) is 1. The zero-order valence-corrected chi connectivity index (χ0v) is 11.1. The highest BCUT2D eigenvalue weighted by molar-refractivity contribution is 9.10. The first-order valence-electron chi connectivity index (χ1n) is 5.47. The van der Waals surface area contributed by atoms with Crippen LogP contribution in [0.1, 0.15) is 19.3 Å². The molecule has 0 radical (unpaired) electrons. The zero-order valence-electron chi connectivity index (χ0n) is 8.71. The van der Waals surface area contributed by atoms with Crippen molar-refractivity contribution in [2.75, 3.05) is 13.1 Å². The Balaban J connectivity index is 1.95. The van der Waals surface area contributed by atoms with Crippen molar-refractivity contribution in [2.24, 2.45) is 0 Å². The quantitative estimate of drug-likeness (QED) is 0.890. The second-order valence-corrected chi connectivity index (χ2v) is 6.19. The van der Waals surface area contributed by atoms with Gasteiger partial charge in [0.25, 0.3) is 0 Å². The third kappa shape index (κ3) is 3.82. The van der Waals surface area contributed by atoms with Crippen molar-refractivity contribution >= 4 is 27.7 Å². The van der Waals surface area contributed by atoms with Gasteiger partial charge in [0, 0.05) is 21.2 Å². The molecule has 0 aromatic heterocycles. The molecule has 3 heteroatoms. The highest BCUT2D eigenvalue weighted by atomic mass is 79.9. The predicted octanol–water partition coefficient (Wildman–Crippen LogP) is 3.68. The van der Waals surface area contributed by atoms with Crippen LogP contribution in [0.15, 0.2) is 33.6 Å². The summed E-state index contributed by atoms with van der Waals surface area (Å²) in [4.78, 5) is 1.37. The van der Waals surface area contributed by atoms with Crippen LogP contribution in [-0.2, 0) is 0 Å². The van der Waals surface area contributed by atoms with Gasteiger partial charge in [0.05, 0.1) is 0 Å². The van der Waals surface area contributed by atoms with Gasteiger partial charge in [0.2, 0.25) is 0 Å². The van der Waals surface area contributed by atoms with Gasteiger partial charge in [0.1, 0.15) is 0 Å². The standard InChI is InChI=1S/C12H16BrNS/c13-10-4-3-6-11(8-10)15-12-5-1-2-7-14-9-12/h3-4,6,8,12,14H,1-2,5,7,9H2. The maximum Gasteiger partial charge on any atom is 0.0219 e. The predicted molar refractivity (Wildman–Crippen MR) is 70.5 cm³/mol. The smallest absolute Gasteiger partial charge is 0.0219 e. The molecule has 0 spiro atoms. The monoisotopic (exact) mass is 285 g/mol. The van der Waals surface area contributed by atoms with Crippen molar-refractivity contribution in [3.05, 3.63) is 28.7 Å². The zero-order chi connectivity index (χ0) is 10.5. The fourth-order valence-corrected chi connectivity index (χ4v) is 3.59. The molecule has 0 bridgehead atoms. The molecule has 82 valence electrons. The van der Waals surface area contributed by atoms with Gasteiger partial charge >= 0.3 is 0 Å². The summed E-state index contributed by atoms with van der Waals surface area (Å²) in [6.45, 7) is 2.34. The van der Waals surface area contributed by atoms with E-state index >= 15 is 0 Å². The van der Waals surface area contributed by atoms with Gasteiger partial charge in [-0.15, -0.1) is 11.8 Å². The van der Waals surface area contributed by atoms with Gasteiger partial charge in [-0.2, -0.15) is 0 Å². The van der Waals surface area contributed by atoms with Crippen LogP contribution in [0.3, 0.4) is 0 Å². The molecule has 1 fully saturated rings. The largest absolute Gasteiger partial charge is 0.316 e. The Labute approximate surface area is 104 Å². The topological polar surface area (TPSA) is 12.0 Å². The van der Waals surface area contributed by atoms with Crippen LogP contribution in [-0.4, -0.2) is 18.3 Å². The molecule has 1 aliphatic heterocycles. The van der Waals surface area contributed by atoms with Crippen molar-refractivity contribution < 1.29 is 0 Å². The fourth-order valence-electron chi connectivity index (χ4n) is 1.82. The molecular formula is C12H16BrNS. The number of thioether (sulfide) groups is 1. The Morgan fingerprint density at radius 2 is 2.27 bits per heavy atom. The first-order chi connectivity index (χ1) is 7.34. The third-order valence-electron chi connectivity index (χ3n) is 2.60. The number of hydrogen-bond acceptors (Lipinski definition) is 2. The van der Waals surface area contributed by atoms with Crippen molar-refractivity contribution in [1.82, 2.24) is 5.32 Å². The second-order valence-electron chi connectivity index (χ2n) is 3.90. The van der Waals surface area contributed by atoms with Crippen LogP contribution in [0.25, 0.3) is 0 Å². The van der Waals surface area contributed by atoms with E-state index in [1.807, 2.05) is 11.8 Å². The lowest BCUT2D eigenvalue weighted by molar-refractivity contribution is 0.706. The summed E-state index contributed by atoms with van der Waals surface area (Å²) >= 11 is 5.51. The van der Waals surface area contributed by atoms with E-state index in [0.717, 1.165) is 11.8 Å². The molecule has 1 saturated heterocycles. The molecule has 0 saturated carbocycles. The van der Waals surface area contributed by atoms with E-state index in [1.165, 1.54) is 35.2 Å². The van der Waals surface area contributed by atoms with Crippen LogP contribution >= 0.6 is 27.7 Å². The Hall–Kier alpha value is 0.01000. The van der Waals surface area contributed by atoms with Crippen LogP contribution in [0.2, 0.25) is 0 Å². The molecular weight excluding hydrogens is 270 g/mol. The van der Waals surface area contributed by atoms with E-state index in [0.29, 0.717) is 0 Å². The van der Waals surface area contributed by atoms with Gasteiger partial charge < -0.3 is 5.32 Å². The molecule has 15 heavy (non-hydrogen) atoms. The molecule has 1 nitrogen and oxygen atoms in total. The molecule has 1 aromatic rings. The first kappa shape index (κ1) is 11.5. The van der Waals surface area contributed by atoms with Gasteiger partial charge in [0.15, 0.2) is 0 Å². The van der Waals surface area contributed by atoms with Crippen LogP contribution in [0, 0.1) is 0 Å². The minimum Gasteiger partial charge on any atom is -0.316 e. The van der Waals surface area contributed by atoms with E-state index in [9.17, 15) is 0 Å². The SMILES string of the molecule is Brc1cccc(SC2CCCCNC2)c1. The molecule has 1 N–H and O–H groups in total. The molecule has 0 aliphatic carbocycles. The highest BCUT2D eigenvalue weighted by Crippen LogP contribution is 2.29.